The van der Waals surface area contributed by atoms with Crippen LogP contribution in [0, 0.1) is 12.8 Å². The Morgan fingerprint density at radius 3 is 2.63 bits per heavy atom. The Kier molecular flexibility index (Phi) is 5.36. The number of carbonyl (C=O) groups excluding carboxylic acids is 1. The van der Waals surface area contributed by atoms with Crippen molar-refractivity contribution in [2.75, 3.05) is 11.9 Å². The molecule has 104 valence electrons. The molecule has 0 aliphatic heterocycles. The molecule has 0 aliphatic rings. The lowest BCUT2D eigenvalue weighted by molar-refractivity contribution is 0.0697. The highest BCUT2D eigenvalue weighted by Crippen LogP contribution is 2.16. The highest BCUT2D eigenvalue weighted by molar-refractivity contribution is 5.93. The van der Waals surface area contributed by atoms with Crippen LogP contribution >= 0.6 is 0 Å². The van der Waals surface area contributed by atoms with Gasteiger partial charge in [-0.25, -0.2) is 9.59 Å². The molecule has 0 bridgehead atoms. The number of urea groups is 1. The lowest BCUT2D eigenvalue weighted by Gasteiger charge is -2.13. The SMILES string of the molecule is CCC(C)CNC(=O)Nc1cc(C(=O)O)ccc1C. The smallest absolute Gasteiger partial charge is 0.335 e. The molecule has 1 aromatic carbocycles. The molecule has 1 unspecified atom stereocenters. The minimum atomic E-state index is -1.01. The van der Waals surface area contributed by atoms with Crippen molar-refractivity contribution in [2.45, 2.75) is 27.2 Å². The standard InChI is InChI=1S/C14H20N2O3/c1-4-9(2)8-15-14(19)16-12-7-11(13(17)18)6-5-10(12)3/h5-7,9H,4,8H2,1-3H3,(H,17,18)(H2,15,16,19). The van der Waals surface area contributed by atoms with Gasteiger partial charge in [0, 0.05) is 12.2 Å². The molecular weight excluding hydrogens is 244 g/mol. The second-order valence-electron chi connectivity index (χ2n) is 4.68. The van der Waals surface area contributed by atoms with Crippen LogP contribution < -0.4 is 10.6 Å². The topological polar surface area (TPSA) is 78.4 Å². The van der Waals surface area contributed by atoms with E-state index in [2.05, 4.69) is 24.5 Å². The molecule has 1 atom stereocenters. The Bertz CT molecular complexity index is 472. The minimum absolute atomic E-state index is 0.155. The number of anilines is 1. The summed E-state index contributed by atoms with van der Waals surface area (Å²) in [5.41, 5.74) is 1.49. The van der Waals surface area contributed by atoms with Crippen LogP contribution in [0.25, 0.3) is 0 Å². The molecule has 1 rings (SSSR count). The number of carbonyl (C=O) groups is 2. The van der Waals surface area contributed by atoms with Crippen LogP contribution in [0.3, 0.4) is 0 Å². The van der Waals surface area contributed by atoms with Crippen molar-refractivity contribution >= 4 is 17.7 Å². The van der Waals surface area contributed by atoms with Crippen LogP contribution in [0.4, 0.5) is 10.5 Å². The lowest BCUT2D eigenvalue weighted by atomic mass is 10.1. The van der Waals surface area contributed by atoms with Gasteiger partial charge >= 0.3 is 12.0 Å². The van der Waals surface area contributed by atoms with Crippen molar-refractivity contribution in [3.63, 3.8) is 0 Å². The van der Waals surface area contributed by atoms with Crippen molar-refractivity contribution in [3.05, 3.63) is 29.3 Å². The number of hydrogen-bond donors (Lipinski definition) is 3. The van der Waals surface area contributed by atoms with E-state index in [1.54, 1.807) is 6.07 Å². The zero-order chi connectivity index (χ0) is 14.4. The van der Waals surface area contributed by atoms with Crippen LogP contribution in [0.2, 0.25) is 0 Å². The number of carboxylic acid groups (broad SMARTS) is 1. The third-order valence-corrected chi connectivity index (χ3v) is 3.04. The fraction of sp³-hybridized carbons (Fsp3) is 0.429. The van der Waals surface area contributed by atoms with E-state index in [4.69, 9.17) is 5.11 Å². The molecule has 5 nitrogen and oxygen atoms in total. The van der Waals surface area contributed by atoms with Gasteiger partial charge in [-0.15, -0.1) is 0 Å². The van der Waals surface area contributed by atoms with E-state index in [1.807, 2.05) is 6.92 Å². The molecule has 0 fully saturated rings. The van der Waals surface area contributed by atoms with Gasteiger partial charge in [0.15, 0.2) is 0 Å². The van der Waals surface area contributed by atoms with Crippen LogP contribution in [0.1, 0.15) is 36.2 Å². The molecule has 0 aliphatic carbocycles. The van der Waals surface area contributed by atoms with Crippen LogP contribution in [-0.4, -0.2) is 23.7 Å². The number of aryl methyl sites for hydroxylation is 1. The molecule has 5 heteroatoms. The van der Waals surface area contributed by atoms with E-state index < -0.39 is 5.97 Å². The third-order valence-electron chi connectivity index (χ3n) is 3.04. The van der Waals surface area contributed by atoms with E-state index in [0.29, 0.717) is 18.2 Å². The van der Waals surface area contributed by atoms with Gasteiger partial charge in [0.25, 0.3) is 0 Å². The first-order valence-corrected chi connectivity index (χ1v) is 6.32. The van der Waals surface area contributed by atoms with Crippen molar-refractivity contribution in [1.82, 2.24) is 5.32 Å². The van der Waals surface area contributed by atoms with Gasteiger partial charge < -0.3 is 15.7 Å². The van der Waals surface area contributed by atoms with E-state index in [9.17, 15) is 9.59 Å². The Hall–Kier alpha value is -2.04. The summed E-state index contributed by atoms with van der Waals surface area (Å²) in [5.74, 6) is -0.597. The fourth-order valence-corrected chi connectivity index (χ4v) is 1.47. The number of amides is 2. The Morgan fingerprint density at radius 2 is 2.05 bits per heavy atom. The van der Waals surface area contributed by atoms with Gasteiger partial charge in [0.05, 0.1) is 5.56 Å². The number of nitrogens with one attached hydrogen (secondary N) is 2. The van der Waals surface area contributed by atoms with Gasteiger partial charge in [-0.1, -0.05) is 26.3 Å². The summed E-state index contributed by atoms with van der Waals surface area (Å²) in [6.07, 6.45) is 0.994. The molecule has 0 spiro atoms. The summed E-state index contributed by atoms with van der Waals surface area (Å²) in [4.78, 5) is 22.6. The highest BCUT2D eigenvalue weighted by Gasteiger charge is 2.09. The Labute approximate surface area is 113 Å². The molecule has 0 aromatic heterocycles. The monoisotopic (exact) mass is 264 g/mol. The number of hydrogen-bond acceptors (Lipinski definition) is 2. The normalized spacial score (nSPS) is 11.7. The zero-order valence-corrected chi connectivity index (χ0v) is 11.5. The second kappa shape index (κ2) is 6.78. The van der Waals surface area contributed by atoms with Gasteiger partial charge in [-0.05, 0) is 30.5 Å². The first-order chi connectivity index (χ1) is 8.93. The van der Waals surface area contributed by atoms with E-state index >= 15 is 0 Å². The van der Waals surface area contributed by atoms with Gasteiger partial charge in [-0.2, -0.15) is 0 Å². The Morgan fingerprint density at radius 1 is 1.37 bits per heavy atom. The minimum Gasteiger partial charge on any atom is -0.478 e. The first kappa shape index (κ1) is 15.0. The number of aromatic carboxylic acids is 1. The summed E-state index contributed by atoms with van der Waals surface area (Å²) < 4.78 is 0. The fourth-order valence-electron chi connectivity index (χ4n) is 1.47. The average molecular weight is 264 g/mol. The average Bonchev–Trinajstić information content (AvgIpc) is 2.38. The maximum atomic E-state index is 11.7. The molecule has 3 N–H and O–H groups in total. The van der Waals surface area contributed by atoms with Gasteiger partial charge in [0.2, 0.25) is 0 Å². The Balaban J connectivity index is 2.68. The van der Waals surface area contributed by atoms with Crippen molar-refractivity contribution in [2.24, 2.45) is 5.92 Å². The van der Waals surface area contributed by atoms with E-state index in [0.717, 1.165) is 12.0 Å². The zero-order valence-electron chi connectivity index (χ0n) is 11.5. The van der Waals surface area contributed by atoms with Crippen LogP contribution in [0.15, 0.2) is 18.2 Å². The predicted molar refractivity (Wildman–Crippen MR) is 74.6 cm³/mol. The molecule has 0 heterocycles. The van der Waals surface area contributed by atoms with Crippen molar-refractivity contribution < 1.29 is 14.7 Å². The summed E-state index contributed by atoms with van der Waals surface area (Å²) in [6, 6.07) is 4.33. The molecule has 0 saturated carbocycles. The molecule has 1 aromatic rings. The van der Waals surface area contributed by atoms with Crippen molar-refractivity contribution in [1.29, 1.82) is 0 Å². The second-order valence-corrected chi connectivity index (χ2v) is 4.68. The molecule has 2 amide bonds. The van der Waals surface area contributed by atoms with Gasteiger partial charge in [-0.3, -0.25) is 0 Å². The summed E-state index contributed by atoms with van der Waals surface area (Å²) in [5, 5.41) is 14.3. The van der Waals surface area contributed by atoms with Gasteiger partial charge in [0.1, 0.15) is 0 Å². The third kappa shape index (κ3) is 4.62. The lowest BCUT2D eigenvalue weighted by Crippen LogP contribution is -2.32. The van der Waals surface area contributed by atoms with Crippen molar-refractivity contribution in [3.8, 4) is 0 Å². The number of rotatable bonds is 5. The molecule has 0 radical (unpaired) electrons. The van der Waals surface area contributed by atoms with Crippen LogP contribution in [0.5, 0.6) is 0 Å². The van der Waals surface area contributed by atoms with Crippen LogP contribution in [-0.2, 0) is 0 Å². The summed E-state index contributed by atoms with van der Waals surface area (Å²) in [6.45, 7) is 6.53. The largest absolute Gasteiger partial charge is 0.478 e. The van der Waals surface area contributed by atoms with E-state index in [1.165, 1.54) is 12.1 Å². The predicted octanol–water partition coefficient (Wildman–Crippen LogP) is 2.86. The molecular formula is C14H20N2O3. The first-order valence-electron chi connectivity index (χ1n) is 6.32. The summed E-state index contributed by atoms with van der Waals surface area (Å²) in [7, 11) is 0. The number of carboxylic acids is 1. The quantitative estimate of drug-likeness (QED) is 0.765. The number of benzene rings is 1. The molecule has 0 saturated heterocycles. The maximum Gasteiger partial charge on any atom is 0.335 e. The summed E-state index contributed by atoms with van der Waals surface area (Å²) >= 11 is 0. The van der Waals surface area contributed by atoms with E-state index in [-0.39, 0.29) is 11.6 Å². The highest BCUT2D eigenvalue weighted by atomic mass is 16.4. The molecule has 19 heavy (non-hydrogen) atoms. The maximum absolute atomic E-state index is 11.7.